The molecule has 0 spiro atoms. The number of rotatable bonds is 9. The smallest absolute Gasteiger partial charge is 0.261 e. The van der Waals surface area contributed by atoms with E-state index in [4.69, 9.17) is 4.74 Å². The summed E-state index contributed by atoms with van der Waals surface area (Å²) in [5.74, 6) is 0.285. The molecule has 5 nitrogen and oxygen atoms in total. The summed E-state index contributed by atoms with van der Waals surface area (Å²) in [7, 11) is 1.59. The van der Waals surface area contributed by atoms with Gasteiger partial charge in [-0.25, -0.2) is 0 Å². The second kappa shape index (κ2) is 10.9. The van der Waals surface area contributed by atoms with E-state index in [2.05, 4.69) is 27.9 Å². The quantitative estimate of drug-likeness (QED) is 0.561. The van der Waals surface area contributed by atoms with Crippen molar-refractivity contribution in [1.29, 1.82) is 0 Å². The van der Waals surface area contributed by atoms with E-state index in [0.717, 1.165) is 9.13 Å². The van der Waals surface area contributed by atoms with Gasteiger partial charge in [-0.1, -0.05) is 37.3 Å². The molecule has 6 heteroatoms. The summed E-state index contributed by atoms with van der Waals surface area (Å²) in [6.07, 6.45) is 1.23. The molecule has 0 saturated carbocycles. The molecule has 0 unspecified atom stereocenters. The first-order valence-electron chi connectivity index (χ1n) is 8.98. The largest absolute Gasteiger partial charge is 0.484 e. The Hall–Kier alpha value is -2.09. The van der Waals surface area contributed by atoms with E-state index in [1.54, 1.807) is 11.9 Å². The molecule has 1 N–H and O–H groups in total. The number of amides is 2. The normalized spacial score (nSPS) is 11.5. The molecule has 2 aromatic rings. The Balaban J connectivity index is 2.07. The van der Waals surface area contributed by atoms with Crippen LogP contribution in [0.1, 0.15) is 18.9 Å². The SMILES string of the molecule is CC[C@H](C(=O)NC)N(CCc1ccccc1)C(=O)COc1ccc(I)cc1. The van der Waals surface area contributed by atoms with Crippen LogP contribution in [0.2, 0.25) is 0 Å². The van der Waals surface area contributed by atoms with Gasteiger partial charge in [0.2, 0.25) is 5.91 Å². The van der Waals surface area contributed by atoms with E-state index in [9.17, 15) is 9.59 Å². The molecule has 0 aromatic heterocycles. The minimum atomic E-state index is -0.508. The molecule has 0 saturated heterocycles. The van der Waals surface area contributed by atoms with Gasteiger partial charge in [-0.2, -0.15) is 0 Å². The van der Waals surface area contributed by atoms with Crippen molar-refractivity contribution in [2.75, 3.05) is 20.2 Å². The third-order valence-corrected chi connectivity index (χ3v) is 5.01. The van der Waals surface area contributed by atoms with Gasteiger partial charge in [0.1, 0.15) is 11.8 Å². The van der Waals surface area contributed by atoms with E-state index in [0.29, 0.717) is 25.1 Å². The number of carbonyl (C=O) groups excluding carboxylic acids is 2. The lowest BCUT2D eigenvalue weighted by Gasteiger charge is -2.30. The summed E-state index contributed by atoms with van der Waals surface area (Å²) >= 11 is 2.22. The van der Waals surface area contributed by atoms with E-state index < -0.39 is 6.04 Å². The van der Waals surface area contributed by atoms with Crippen LogP contribution in [0.4, 0.5) is 0 Å². The molecule has 27 heavy (non-hydrogen) atoms. The van der Waals surface area contributed by atoms with Crippen LogP contribution < -0.4 is 10.1 Å². The van der Waals surface area contributed by atoms with Crippen molar-refractivity contribution in [2.24, 2.45) is 0 Å². The molecule has 144 valence electrons. The molecule has 2 aromatic carbocycles. The molecule has 2 amide bonds. The van der Waals surface area contributed by atoms with Gasteiger partial charge in [-0.15, -0.1) is 0 Å². The van der Waals surface area contributed by atoms with E-state index >= 15 is 0 Å². The van der Waals surface area contributed by atoms with Crippen molar-refractivity contribution in [3.8, 4) is 5.75 Å². The van der Waals surface area contributed by atoms with E-state index in [1.165, 1.54) is 0 Å². The van der Waals surface area contributed by atoms with Crippen LogP contribution in [-0.4, -0.2) is 43.0 Å². The zero-order valence-electron chi connectivity index (χ0n) is 15.7. The predicted octanol–water partition coefficient (Wildman–Crippen LogP) is 3.27. The molecule has 0 fully saturated rings. The summed E-state index contributed by atoms with van der Waals surface area (Å²) in [5.41, 5.74) is 1.13. The number of benzene rings is 2. The topological polar surface area (TPSA) is 58.6 Å². The number of nitrogens with one attached hydrogen (secondary N) is 1. The maximum Gasteiger partial charge on any atom is 0.261 e. The van der Waals surface area contributed by atoms with Crippen molar-refractivity contribution >= 4 is 34.4 Å². The number of halogens is 1. The molecule has 1 atom stereocenters. The third-order valence-electron chi connectivity index (χ3n) is 4.29. The maximum atomic E-state index is 12.8. The van der Waals surface area contributed by atoms with E-state index in [1.807, 2.05) is 61.5 Å². The summed E-state index contributed by atoms with van der Waals surface area (Å²) in [6.45, 7) is 2.27. The maximum absolute atomic E-state index is 12.8. The molecule has 0 aliphatic heterocycles. The van der Waals surface area contributed by atoms with Crippen molar-refractivity contribution in [1.82, 2.24) is 10.2 Å². The second-order valence-electron chi connectivity index (χ2n) is 6.10. The summed E-state index contributed by atoms with van der Waals surface area (Å²) in [4.78, 5) is 26.7. The van der Waals surface area contributed by atoms with Crippen LogP contribution in [0.5, 0.6) is 5.75 Å². The van der Waals surface area contributed by atoms with E-state index in [-0.39, 0.29) is 18.4 Å². The van der Waals surface area contributed by atoms with Crippen LogP contribution in [0, 0.1) is 3.57 Å². The lowest BCUT2D eigenvalue weighted by atomic mass is 10.1. The highest BCUT2D eigenvalue weighted by Crippen LogP contribution is 2.15. The monoisotopic (exact) mass is 480 g/mol. The Kier molecular flexibility index (Phi) is 8.57. The van der Waals surface area contributed by atoms with Crippen molar-refractivity contribution in [3.05, 3.63) is 63.7 Å². The minimum absolute atomic E-state index is 0.0944. The summed E-state index contributed by atoms with van der Waals surface area (Å²) in [6, 6.07) is 16.9. The Labute approximate surface area is 174 Å². The molecular weight excluding hydrogens is 455 g/mol. The van der Waals surface area contributed by atoms with Crippen LogP contribution in [0.25, 0.3) is 0 Å². The average Bonchev–Trinajstić information content (AvgIpc) is 2.70. The van der Waals surface area contributed by atoms with Gasteiger partial charge in [-0.05, 0) is 65.3 Å². The van der Waals surface area contributed by atoms with Crippen LogP contribution in [0.3, 0.4) is 0 Å². The van der Waals surface area contributed by atoms with Crippen molar-refractivity contribution in [2.45, 2.75) is 25.8 Å². The molecular formula is C21H25IN2O3. The standard InChI is InChI=1S/C21H25IN2O3/c1-3-19(21(26)23-2)24(14-13-16-7-5-4-6-8-16)20(25)15-27-18-11-9-17(22)10-12-18/h4-12,19H,3,13-15H2,1-2H3,(H,23,26)/t19-/m1/s1. The lowest BCUT2D eigenvalue weighted by molar-refractivity contribution is -0.142. The fourth-order valence-electron chi connectivity index (χ4n) is 2.82. The Morgan fingerprint density at radius 3 is 2.37 bits per heavy atom. The predicted molar refractivity (Wildman–Crippen MR) is 115 cm³/mol. The third kappa shape index (κ3) is 6.53. The van der Waals surface area contributed by atoms with Gasteiger partial charge >= 0.3 is 0 Å². The van der Waals surface area contributed by atoms with Gasteiger partial charge in [0.15, 0.2) is 6.61 Å². The number of hydrogen-bond donors (Lipinski definition) is 1. The first kappa shape index (κ1) is 21.2. The zero-order chi connectivity index (χ0) is 19.6. The fourth-order valence-corrected chi connectivity index (χ4v) is 3.18. The van der Waals surface area contributed by atoms with Gasteiger partial charge in [0, 0.05) is 17.2 Å². The molecule has 0 aliphatic rings. The first-order valence-corrected chi connectivity index (χ1v) is 10.1. The van der Waals surface area contributed by atoms with Gasteiger partial charge in [0.05, 0.1) is 0 Å². The highest BCUT2D eigenvalue weighted by atomic mass is 127. The number of ether oxygens (including phenoxy) is 1. The highest BCUT2D eigenvalue weighted by Gasteiger charge is 2.27. The number of likely N-dealkylation sites (N-methyl/N-ethyl adjacent to an activating group) is 1. The fraction of sp³-hybridized carbons (Fsp3) is 0.333. The first-order chi connectivity index (χ1) is 13.0. The van der Waals surface area contributed by atoms with Crippen LogP contribution >= 0.6 is 22.6 Å². The van der Waals surface area contributed by atoms with Crippen LogP contribution in [0.15, 0.2) is 54.6 Å². The minimum Gasteiger partial charge on any atom is -0.484 e. The Bertz CT molecular complexity index is 735. The van der Waals surface area contributed by atoms with Crippen LogP contribution in [-0.2, 0) is 16.0 Å². The molecule has 0 bridgehead atoms. The van der Waals surface area contributed by atoms with Crippen molar-refractivity contribution in [3.63, 3.8) is 0 Å². The van der Waals surface area contributed by atoms with Gasteiger partial charge < -0.3 is 15.0 Å². The number of nitrogens with zero attached hydrogens (tertiary/aromatic N) is 1. The summed E-state index contributed by atoms with van der Waals surface area (Å²) in [5, 5.41) is 2.66. The van der Waals surface area contributed by atoms with Gasteiger partial charge in [-0.3, -0.25) is 9.59 Å². The molecule has 0 heterocycles. The second-order valence-corrected chi connectivity index (χ2v) is 7.35. The number of hydrogen-bond acceptors (Lipinski definition) is 3. The highest BCUT2D eigenvalue weighted by molar-refractivity contribution is 14.1. The zero-order valence-corrected chi connectivity index (χ0v) is 17.8. The number of carbonyl (C=O) groups is 2. The molecule has 0 aliphatic carbocycles. The summed E-state index contributed by atoms with van der Waals surface area (Å²) < 4.78 is 6.74. The molecule has 0 radical (unpaired) electrons. The Morgan fingerprint density at radius 2 is 1.78 bits per heavy atom. The van der Waals surface area contributed by atoms with Crippen molar-refractivity contribution < 1.29 is 14.3 Å². The molecule has 2 rings (SSSR count). The average molecular weight is 480 g/mol. The lowest BCUT2D eigenvalue weighted by Crippen LogP contribution is -2.50. The Morgan fingerprint density at radius 1 is 1.11 bits per heavy atom. The van der Waals surface area contributed by atoms with Gasteiger partial charge in [0.25, 0.3) is 5.91 Å².